The van der Waals surface area contributed by atoms with Crippen molar-refractivity contribution in [3.63, 3.8) is 0 Å². The van der Waals surface area contributed by atoms with E-state index in [-0.39, 0.29) is 22.8 Å². The summed E-state index contributed by atoms with van der Waals surface area (Å²) in [6.45, 7) is 3.03. The van der Waals surface area contributed by atoms with E-state index in [0.29, 0.717) is 26.3 Å². The molecule has 2 atom stereocenters. The van der Waals surface area contributed by atoms with Crippen LogP contribution in [-0.2, 0) is 14.3 Å². The topological polar surface area (TPSA) is 96.2 Å². The summed E-state index contributed by atoms with van der Waals surface area (Å²) < 4.78 is 17.8. The van der Waals surface area contributed by atoms with Crippen molar-refractivity contribution < 1.29 is 23.8 Å². The molecular weight excluding hydrogens is 456 g/mol. The molecule has 0 saturated heterocycles. The smallest absolute Gasteiger partial charge is 0.338 e. The summed E-state index contributed by atoms with van der Waals surface area (Å²) in [5.41, 5.74) is 1.15. The van der Waals surface area contributed by atoms with Gasteiger partial charge in [-0.25, -0.2) is 9.79 Å². The van der Waals surface area contributed by atoms with Crippen LogP contribution in [-0.4, -0.2) is 30.7 Å². The van der Waals surface area contributed by atoms with Gasteiger partial charge in [0.25, 0.3) is 5.56 Å². The van der Waals surface area contributed by atoms with E-state index < -0.39 is 18.0 Å². The molecule has 178 valence electrons. The average Bonchev–Trinajstić information content (AvgIpc) is 3.12. The van der Waals surface area contributed by atoms with Crippen LogP contribution < -0.4 is 24.4 Å². The Morgan fingerprint density at radius 1 is 1.21 bits per heavy atom. The van der Waals surface area contributed by atoms with Gasteiger partial charge in [-0.15, -0.1) is 0 Å². The van der Waals surface area contributed by atoms with Crippen LogP contribution in [0.15, 0.2) is 51.4 Å². The van der Waals surface area contributed by atoms with Crippen molar-refractivity contribution in [2.75, 3.05) is 14.2 Å². The molecule has 4 rings (SSSR count). The van der Waals surface area contributed by atoms with Crippen molar-refractivity contribution in [1.82, 2.24) is 4.57 Å². The van der Waals surface area contributed by atoms with E-state index in [1.54, 1.807) is 25.1 Å². The summed E-state index contributed by atoms with van der Waals surface area (Å²) in [6.07, 6.45) is 9.19. The maximum atomic E-state index is 13.6. The first-order chi connectivity index (χ1) is 16.3. The summed E-state index contributed by atoms with van der Waals surface area (Å²) >= 11 is 1.32. The SMILES string of the molecule is COC(=O)C1=C(C)N=c2s/c(=C\C3CC=CCC3)c(=O)n2C1c1ccc(OC(C)=O)c(OC)c1. The summed E-state index contributed by atoms with van der Waals surface area (Å²) in [7, 11) is 2.75. The molecule has 2 heterocycles. The van der Waals surface area contributed by atoms with Crippen LogP contribution in [0.3, 0.4) is 0 Å². The number of carbonyl (C=O) groups is 2. The Labute approximate surface area is 200 Å². The minimum Gasteiger partial charge on any atom is -0.493 e. The van der Waals surface area contributed by atoms with Gasteiger partial charge >= 0.3 is 11.9 Å². The Hall–Kier alpha value is -3.46. The third-order valence-corrected chi connectivity index (χ3v) is 6.88. The minimum atomic E-state index is -0.766. The molecule has 1 aliphatic carbocycles. The zero-order valence-electron chi connectivity index (χ0n) is 19.5. The zero-order valence-corrected chi connectivity index (χ0v) is 20.3. The monoisotopic (exact) mass is 482 g/mol. The largest absolute Gasteiger partial charge is 0.493 e. The molecule has 2 aromatic rings. The Morgan fingerprint density at radius 3 is 2.65 bits per heavy atom. The fourth-order valence-electron chi connectivity index (χ4n) is 4.30. The van der Waals surface area contributed by atoms with Crippen LogP contribution in [0.2, 0.25) is 0 Å². The lowest BCUT2D eigenvalue weighted by Crippen LogP contribution is -2.40. The van der Waals surface area contributed by atoms with Gasteiger partial charge in [0.15, 0.2) is 16.3 Å². The molecular formula is C25H26N2O6S. The predicted octanol–water partition coefficient (Wildman–Crippen LogP) is 2.65. The van der Waals surface area contributed by atoms with E-state index in [4.69, 9.17) is 14.2 Å². The summed E-state index contributed by atoms with van der Waals surface area (Å²) in [4.78, 5) is 42.9. The van der Waals surface area contributed by atoms with E-state index in [1.165, 1.54) is 37.0 Å². The number of fused-ring (bicyclic) bond motifs is 1. The van der Waals surface area contributed by atoms with Crippen LogP contribution in [0, 0.1) is 5.92 Å². The highest BCUT2D eigenvalue weighted by Gasteiger charge is 2.33. The summed E-state index contributed by atoms with van der Waals surface area (Å²) in [5, 5.41) is 0. The van der Waals surface area contributed by atoms with Gasteiger partial charge in [-0.05, 0) is 49.8 Å². The van der Waals surface area contributed by atoms with Crippen LogP contribution in [0.25, 0.3) is 6.08 Å². The third kappa shape index (κ3) is 4.48. The molecule has 0 amide bonds. The highest BCUT2D eigenvalue weighted by molar-refractivity contribution is 7.07. The van der Waals surface area contributed by atoms with Crippen LogP contribution in [0.4, 0.5) is 0 Å². The molecule has 2 unspecified atom stereocenters. The van der Waals surface area contributed by atoms with Gasteiger partial charge in [-0.2, -0.15) is 0 Å². The van der Waals surface area contributed by atoms with E-state index in [2.05, 4.69) is 17.1 Å². The van der Waals surface area contributed by atoms with E-state index in [0.717, 1.165) is 19.3 Å². The van der Waals surface area contributed by atoms with Crippen molar-refractivity contribution in [1.29, 1.82) is 0 Å². The standard InChI is InChI=1S/C25H26N2O6S/c1-14-21(24(30)32-4)22(17-10-11-18(33-15(2)28)19(13-17)31-3)27-23(29)20(34-25(27)26-14)12-16-8-6-5-7-9-16/h5-6,10-13,16,22H,7-9H2,1-4H3/b20-12-. The molecule has 0 spiro atoms. The molecule has 2 aliphatic rings. The Kier molecular flexibility index (Phi) is 6.83. The van der Waals surface area contributed by atoms with Gasteiger partial charge in [0.1, 0.15) is 0 Å². The Bertz CT molecular complexity index is 1380. The molecule has 0 saturated carbocycles. The lowest BCUT2D eigenvalue weighted by Gasteiger charge is -2.25. The molecule has 0 fully saturated rings. The van der Waals surface area contributed by atoms with E-state index in [1.807, 2.05) is 6.08 Å². The summed E-state index contributed by atoms with van der Waals surface area (Å²) in [5.74, 6) is -0.211. The predicted molar refractivity (Wildman–Crippen MR) is 127 cm³/mol. The number of rotatable bonds is 5. The van der Waals surface area contributed by atoms with Gasteiger partial charge in [-0.3, -0.25) is 14.2 Å². The van der Waals surface area contributed by atoms with Crippen LogP contribution in [0.5, 0.6) is 11.5 Å². The lowest BCUT2D eigenvalue weighted by atomic mass is 9.94. The minimum absolute atomic E-state index is 0.208. The zero-order chi connectivity index (χ0) is 24.4. The maximum absolute atomic E-state index is 13.6. The molecule has 0 radical (unpaired) electrons. The molecule has 9 heteroatoms. The number of carbonyl (C=O) groups excluding carboxylic acids is 2. The first-order valence-electron chi connectivity index (χ1n) is 11.0. The van der Waals surface area contributed by atoms with Crippen molar-refractivity contribution in [2.24, 2.45) is 10.9 Å². The average molecular weight is 483 g/mol. The number of hydrogen-bond acceptors (Lipinski definition) is 8. The van der Waals surface area contributed by atoms with E-state index in [9.17, 15) is 14.4 Å². The van der Waals surface area contributed by atoms with Gasteiger partial charge in [0.05, 0.1) is 36.1 Å². The highest BCUT2D eigenvalue weighted by Crippen LogP contribution is 2.36. The first kappa shape index (κ1) is 23.7. The number of esters is 2. The van der Waals surface area contributed by atoms with Crippen LogP contribution >= 0.6 is 11.3 Å². The number of methoxy groups -OCH3 is 2. The van der Waals surface area contributed by atoms with E-state index >= 15 is 0 Å². The molecule has 0 bridgehead atoms. The molecule has 1 aromatic heterocycles. The fraction of sp³-hybridized carbons (Fsp3) is 0.360. The van der Waals surface area contributed by atoms with Gasteiger partial charge in [0.2, 0.25) is 0 Å². The fourth-order valence-corrected chi connectivity index (χ4v) is 5.41. The molecule has 1 aromatic carbocycles. The quantitative estimate of drug-likeness (QED) is 0.369. The van der Waals surface area contributed by atoms with Crippen molar-refractivity contribution in [3.05, 3.63) is 66.9 Å². The second-order valence-electron chi connectivity index (χ2n) is 8.14. The van der Waals surface area contributed by atoms with Gasteiger partial charge in [0, 0.05) is 6.92 Å². The number of aromatic nitrogens is 1. The number of allylic oxidation sites excluding steroid dienone is 3. The maximum Gasteiger partial charge on any atom is 0.338 e. The number of thiazole rings is 1. The number of hydrogen-bond donors (Lipinski definition) is 0. The number of nitrogens with zero attached hydrogens (tertiary/aromatic N) is 2. The van der Waals surface area contributed by atoms with Crippen molar-refractivity contribution in [3.8, 4) is 11.5 Å². The lowest BCUT2D eigenvalue weighted by molar-refractivity contribution is -0.136. The normalized spacial score (nSPS) is 19.9. The molecule has 0 N–H and O–H groups in total. The highest BCUT2D eigenvalue weighted by atomic mass is 32.1. The van der Waals surface area contributed by atoms with Gasteiger partial charge in [-0.1, -0.05) is 35.6 Å². The van der Waals surface area contributed by atoms with Crippen LogP contribution in [0.1, 0.15) is 44.7 Å². The molecule has 34 heavy (non-hydrogen) atoms. The molecule has 1 aliphatic heterocycles. The van der Waals surface area contributed by atoms with Gasteiger partial charge < -0.3 is 14.2 Å². The second-order valence-corrected chi connectivity index (χ2v) is 9.15. The Morgan fingerprint density at radius 2 is 2.00 bits per heavy atom. The van der Waals surface area contributed by atoms with Crippen molar-refractivity contribution >= 4 is 29.4 Å². The second kappa shape index (κ2) is 9.80. The summed E-state index contributed by atoms with van der Waals surface area (Å²) in [6, 6.07) is 4.19. The Balaban J connectivity index is 1.91. The molecule has 8 nitrogen and oxygen atoms in total. The third-order valence-electron chi connectivity index (χ3n) is 5.88. The first-order valence-corrected chi connectivity index (χ1v) is 11.8. The number of benzene rings is 1. The number of ether oxygens (including phenoxy) is 3. The van der Waals surface area contributed by atoms with Crippen molar-refractivity contribution in [2.45, 2.75) is 39.2 Å².